The summed E-state index contributed by atoms with van der Waals surface area (Å²) < 4.78 is 43.2. The Labute approximate surface area is 180 Å². The third-order valence-corrected chi connectivity index (χ3v) is 4.98. The van der Waals surface area contributed by atoms with E-state index in [0.717, 1.165) is 16.6 Å². The van der Waals surface area contributed by atoms with Gasteiger partial charge in [-0.3, -0.25) is 4.79 Å². The summed E-state index contributed by atoms with van der Waals surface area (Å²) in [6.07, 6.45) is -0.354. The Kier molecular flexibility index (Phi) is 5.84. The van der Waals surface area contributed by atoms with Gasteiger partial charge < -0.3 is 20.1 Å². The van der Waals surface area contributed by atoms with Crippen molar-refractivity contribution in [1.82, 2.24) is 34.9 Å². The highest BCUT2D eigenvalue weighted by Gasteiger charge is 2.39. The van der Waals surface area contributed by atoms with Crippen LogP contribution in [0.3, 0.4) is 0 Å². The zero-order valence-electron chi connectivity index (χ0n) is 16.8. The van der Waals surface area contributed by atoms with Gasteiger partial charge in [0.25, 0.3) is 5.91 Å². The van der Waals surface area contributed by atoms with Crippen LogP contribution in [0.5, 0.6) is 0 Å². The molecule has 32 heavy (non-hydrogen) atoms. The van der Waals surface area contributed by atoms with E-state index in [1.165, 1.54) is 0 Å². The minimum atomic E-state index is -4.79. The quantitative estimate of drug-likeness (QED) is 0.585. The zero-order chi connectivity index (χ0) is 22.7. The summed E-state index contributed by atoms with van der Waals surface area (Å²) in [4.78, 5) is 30.4. The maximum absolute atomic E-state index is 13.4. The number of nitrogens with zero attached hydrogens (tertiary/aromatic N) is 5. The molecule has 0 saturated carbocycles. The third kappa shape index (κ3) is 4.58. The molecule has 1 aliphatic rings. The largest absolute Gasteiger partial charge is 0.435 e. The molecule has 0 fully saturated rings. The van der Waals surface area contributed by atoms with Crippen LogP contribution in [0.25, 0.3) is 5.69 Å². The molecule has 0 unspecified atom stereocenters. The zero-order valence-corrected chi connectivity index (χ0v) is 16.8. The van der Waals surface area contributed by atoms with E-state index in [-0.39, 0.29) is 19.1 Å². The van der Waals surface area contributed by atoms with E-state index in [2.05, 4.69) is 20.7 Å². The number of carbonyl (C=O) groups excluding carboxylic acids is 2. The predicted octanol–water partition coefficient (Wildman–Crippen LogP) is 2.04. The molecule has 0 spiro atoms. The van der Waals surface area contributed by atoms with Gasteiger partial charge in [0.15, 0.2) is 5.69 Å². The fourth-order valence-electron chi connectivity index (χ4n) is 3.37. The average Bonchev–Trinajstić information content (AvgIpc) is 3.43. The molecular weight excluding hydrogens is 427 g/mol. The molecule has 168 valence electrons. The van der Waals surface area contributed by atoms with Crippen molar-refractivity contribution in [3.8, 4) is 5.69 Å². The summed E-state index contributed by atoms with van der Waals surface area (Å²) >= 11 is 0. The first-order valence-electron chi connectivity index (χ1n) is 9.85. The van der Waals surface area contributed by atoms with Crippen LogP contribution in [0.15, 0.2) is 49.1 Å². The monoisotopic (exact) mass is 447 g/mol. The maximum Gasteiger partial charge on any atom is 0.435 e. The molecule has 2 N–H and O–H groups in total. The number of imidazole rings is 1. The molecule has 1 aromatic carbocycles. The molecule has 3 heterocycles. The summed E-state index contributed by atoms with van der Waals surface area (Å²) in [5.41, 5.74) is -0.549. The summed E-state index contributed by atoms with van der Waals surface area (Å²) in [7, 11) is 0. The SMILES string of the molecule is O=C(NCCNC(=O)N1CCn2cncc2C1)c1cn(-c2ccccc2)nc1C(F)(F)F. The van der Waals surface area contributed by atoms with E-state index >= 15 is 0 Å². The number of amides is 3. The second-order valence-corrected chi connectivity index (χ2v) is 7.16. The number of benzene rings is 1. The lowest BCUT2D eigenvalue weighted by molar-refractivity contribution is -0.141. The lowest BCUT2D eigenvalue weighted by Gasteiger charge is -2.28. The molecule has 3 aromatic rings. The third-order valence-electron chi connectivity index (χ3n) is 4.98. The van der Waals surface area contributed by atoms with E-state index in [0.29, 0.717) is 25.3 Å². The average molecular weight is 447 g/mol. The lowest BCUT2D eigenvalue weighted by Crippen LogP contribution is -2.46. The van der Waals surface area contributed by atoms with Crippen molar-refractivity contribution < 1.29 is 22.8 Å². The summed E-state index contributed by atoms with van der Waals surface area (Å²) in [5.74, 6) is -0.921. The number of alkyl halides is 3. The summed E-state index contributed by atoms with van der Waals surface area (Å²) in [5, 5.41) is 8.62. The number of rotatable bonds is 5. The van der Waals surface area contributed by atoms with Crippen LogP contribution in [0.4, 0.5) is 18.0 Å². The number of nitrogens with one attached hydrogen (secondary N) is 2. The number of aromatic nitrogens is 4. The van der Waals surface area contributed by atoms with Crippen molar-refractivity contribution in [3.05, 3.63) is 66.0 Å². The van der Waals surface area contributed by atoms with Crippen molar-refractivity contribution in [2.24, 2.45) is 0 Å². The van der Waals surface area contributed by atoms with Crippen molar-refractivity contribution >= 4 is 11.9 Å². The van der Waals surface area contributed by atoms with E-state index < -0.39 is 23.3 Å². The highest BCUT2D eigenvalue weighted by atomic mass is 19.4. The standard InChI is InChI=1S/C20H20F3N7O2/c21-20(22,23)17-16(12-30(27-17)14-4-2-1-3-5-14)18(31)25-6-7-26-19(32)28-8-9-29-13-24-10-15(29)11-28/h1-5,10,12-13H,6-9,11H2,(H,25,31)(H,26,32). The molecule has 12 heteroatoms. The fourth-order valence-corrected chi connectivity index (χ4v) is 3.37. The van der Waals surface area contributed by atoms with Crippen molar-refractivity contribution in [3.63, 3.8) is 0 Å². The minimum Gasteiger partial charge on any atom is -0.350 e. The lowest BCUT2D eigenvalue weighted by atomic mass is 10.2. The number of para-hydroxylation sites is 1. The van der Waals surface area contributed by atoms with Gasteiger partial charge in [-0.1, -0.05) is 18.2 Å². The van der Waals surface area contributed by atoms with Crippen LogP contribution in [-0.4, -0.2) is 55.8 Å². The number of halogens is 3. The highest BCUT2D eigenvalue weighted by molar-refractivity contribution is 5.95. The molecule has 0 atom stereocenters. The minimum absolute atomic E-state index is 0.0375. The van der Waals surface area contributed by atoms with Gasteiger partial charge >= 0.3 is 12.2 Å². The molecule has 2 aromatic heterocycles. The van der Waals surface area contributed by atoms with Gasteiger partial charge in [-0.2, -0.15) is 18.3 Å². The fraction of sp³-hybridized carbons (Fsp3) is 0.300. The Morgan fingerprint density at radius 1 is 1.06 bits per heavy atom. The van der Waals surface area contributed by atoms with Gasteiger partial charge in [-0.05, 0) is 12.1 Å². The van der Waals surface area contributed by atoms with Gasteiger partial charge in [0.05, 0.1) is 29.8 Å². The Hall–Kier alpha value is -3.83. The summed E-state index contributed by atoms with van der Waals surface area (Å²) in [6.45, 7) is 1.57. The first kappa shape index (κ1) is 21.4. The van der Waals surface area contributed by atoms with E-state index in [4.69, 9.17) is 0 Å². The molecule has 0 aliphatic carbocycles. The van der Waals surface area contributed by atoms with Crippen LogP contribution >= 0.6 is 0 Å². The second kappa shape index (κ2) is 8.73. The van der Waals surface area contributed by atoms with Crippen LogP contribution < -0.4 is 10.6 Å². The Morgan fingerprint density at radius 3 is 2.56 bits per heavy atom. The van der Waals surface area contributed by atoms with Gasteiger partial charge in [-0.25, -0.2) is 14.5 Å². The molecule has 0 radical (unpaired) electrons. The predicted molar refractivity (Wildman–Crippen MR) is 107 cm³/mol. The normalized spacial score (nSPS) is 13.5. The topological polar surface area (TPSA) is 97.1 Å². The van der Waals surface area contributed by atoms with Gasteiger partial charge in [-0.15, -0.1) is 0 Å². The number of urea groups is 1. The van der Waals surface area contributed by atoms with E-state index in [1.54, 1.807) is 47.8 Å². The number of carbonyl (C=O) groups is 2. The molecule has 3 amide bonds. The van der Waals surface area contributed by atoms with Gasteiger partial charge in [0.1, 0.15) is 0 Å². The maximum atomic E-state index is 13.4. The number of hydrogen-bond donors (Lipinski definition) is 2. The van der Waals surface area contributed by atoms with E-state index in [9.17, 15) is 22.8 Å². The number of hydrogen-bond acceptors (Lipinski definition) is 4. The molecule has 4 rings (SSSR count). The molecule has 1 aliphatic heterocycles. The first-order chi connectivity index (χ1) is 15.3. The smallest absolute Gasteiger partial charge is 0.350 e. The van der Waals surface area contributed by atoms with Crippen LogP contribution in [0.1, 0.15) is 21.7 Å². The van der Waals surface area contributed by atoms with Gasteiger partial charge in [0, 0.05) is 38.6 Å². The van der Waals surface area contributed by atoms with Gasteiger partial charge in [0.2, 0.25) is 0 Å². The molecule has 9 nitrogen and oxygen atoms in total. The second-order valence-electron chi connectivity index (χ2n) is 7.16. The highest BCUT2D eigenvalue weighted by Crippen LogP contribution is 2.31. The number of fused-ring (bicyclic) bond motifs is 1. The Morgan fingerprint density at radius 2 is 1.81 bits per heavy atom. The van der Waals surface area contributed by atoms with Crippen molar-refractivity contribution in [2.45, 2.75) is 19.3 Å². The molecular formula is C20H20F3N7O2. The van der Waals surface area contributed by atoms with Crippen LogP contribution in [0.2, 0.25) is 0 Å². The molecule has 0 bridgehead atoms. The van der Waals surface area contributed by atoms with Crippen molar-refractivity contribution in [2.75, 3.05) is 19.6 Å². The van der Waals surface area contributed by atoms with Crippen molar-refractivity contribution in [1.29, 1.82) is 0 Å². The Balaban J connectivity index is 1.34. The first-order valence-corrected chi connectivity index (χ1v) is 9.85. The summed E-state index contributed by atoms with van der Waals surface area (Å²) in [6, 6.07) is 7.87. The van der Waals surface area contributed by atoms with E-state index in [1.807, 2.05) is 4.57 Å². The molecule has 0 saturated heterocycles. The van der Waals surface area contributed by atoms with Crippen LogP contribution in [0, 0.1) is 0 Å². The Bertz CT molecular complexity index is 1110. The van der Waals surface area contributed by atoms with Crippen LogP contribution in [-0.2, 0) is 19.3 Å².